The summed E-state index contributed by atoms with van der Waals surface area (Å²) in [5.41, 5.74) is 0.928. The summed E-state index contributed by atoms with van der Waals surface area (Å²) in [6.45, 7) is 0.222. The Kier molecular flexibility index (Phi) is 3.72. The molecule has 1 atom stereocenters. The Bertz CT molecular complexity index is 909. The zero-order valence-electron chi connectivity index (χ0n) is 12.9. The van der Waals surface area contributed by atoms with Gasteiger partial charge < -0.3 is 9.42 Å². The SMILES string of the molecule is O=C1CC(c2nc(-c3ccncc3)no2)CN1c1cc(F)cc(F)c1. The molecule has 1 unspecified atom stereocenters. The first-order valence-electron chi connectivity index (χ1n) is 7.60. The third kappa shape index (κ3) is 2.98. The molecule has 1 aliphatic heterocycles. The minimum absolute atomic E-state index is 0.135. The van der Waals surface area contributed by atoms with E-state index in [0.717, 1.165) is 23.8 Å². The quantitative estimate of drug-likeness (QED) is 0.732. The summed E-state index contributed by atoms with van der Waals surface area (Å²) in [6, 6.07) is 6.51. The largest absolute Gasteiger partial charge is 0.339 e. The van der Waals surface area contributed by atoms with Crippen LogP contribution in [0.1, 0.15) is 18.2 Å². The second-order valence-electron chi connectivity index (χ2n) is 5.73. The Balaban J connectivity index is 1.57. The molecule has 0 aliphatic carbocycles. The molecule has 0 saturated carbocycles. The summed E-state index contributed by atoms with van der Waals surface area (Å²) in [6.07, 6.45) is 3.37. The summed E-state index contributed by atoms with van der Waals surface area (Å²) < 4.78 is 32.1. The van der Waals surface area contributed by atoms with Crippen molar-refractivity contribution >= 4 is 11.6 Å². The van der Waals surface area contributed by atoms with Crippen molar-refractivity contribution in [1.82, 2.24) is 15.1 Å². The van der Waals surface area contributed by atoms with Gasteiger partial charge in [-0.25, -0.2) is 8.78 Å². The number of hydrogen-bond donors (Lipinski definition) is 0. The van der Waals surface area contributed by atoms with Gasteiger partial charge in [0.2, 0.25) is 17.6 Å². The molecule has 0 radical (unpaired) electrons. The average Bonchev–Trinajstić information content (AvgIpc) is 3.21. The van der Waals surface area contributed by atoms with Crippen molar-refractivity contribution in [2.24, 2.45) is 0 Å². The summed E-state index contributed by atoms with van der Waals surface area (Å²) in [5, 5.41) is 3.92. The van der Waals surface area contributed by atoms with E-state index in [4.69, 9.17) is 4.52 Å². The number of pyridine rings is 1. The van der Waals surface area contributed by atoms with Gasteiger partial charge in [-0.05, 0) is 24.3 Å². The van der Waals surface area contributed by atoms with Crippen LogP contribution in [0.25, 0.3) is 11.4 Å². The Morgan fingerprint density at radius 3 is 2.56 bits per heavy atom. The lowest BCUT2D eigenvalue weighted by molar-refractivity contribution is -0.117. The first-order valence-corrected chi connectivity index (χ1v) is 7.60. The number of rotatable bonds is 3. The normalized spacial score (nSPS) is 17.3. The summed E-state index contributed by atoms with van der Waals surface area (Å²) in [7, 11) is 0. The summed E-state index contributed by atoms with van der Waals surface area (Å²) in [5.74, 6) is -1.33. The zero-order valence-corrected chi connectivity index (χ0v) is 12.9. The lowest BCUT2D eigenvalue weighted by Gasteiger charge is -2.16. The van der Waals surface area contributed by atoms with Crippen LogP contribution in [0.2, 0.25) is 0 Å². The Morgan fingerprint density at radius 2 is 1.84 bits per heavy atom. The van der Waals surface area contributed by atoms with E-state index in [9.17, 15) is 13.6 Å². The van der Waals surface area contributed by atoms with E-state index in [0.29, 0.717) is 11.7 Å². The molecule has 0 N–H and O–H groups in total. The Labute approximate surface area is 141 Å². The molecule has 1 amide bonds. The number of halogens is 2. The Morgan fingerprint density at radius 1 is 1.12 bits per heavy atom. The Hall–Kier alpha value is -3.16. The van der Waals surface area contributed by atoms with E-state index >= 15 is 0 Å². The van der Waals surface area contributed by atoms with Crippen LogP contribution in [0, 0.1) is 11.6 Å². The highest BCUT2D eigenvalue weighted by Gasteiger charge is 2.35. The van der Waals surface area contributed by atoms with Gasteiger partial charge in [0.15, 0.2) is 0 Å². The molecule has 0 bridgehead atoms. The van der Waals surface area contributed by atoms with Crippen molar-refractivity contribution in [1.29, 1.82) is 0 Å². The molecule has 3 aromatic rings. The first-order chi connectivity index (χ1) is 12.1. The van der Waals surface area contributed by atoms with Gasteiger partial charge in [-0.15, -0.1) is 0 Å². The number of hydrogen-bond acceptors (Lipinski definition) is 5. The van der Waals surface area contributed by atoms with Gasteiger partial charge in [-0.2, -0.15) is 4.98 Å². The van der Waals surface area contributed by atoms with Crippen LogP contribution < -0.4 is 4.90 Å². The van der Waals surface area contributed by atoms with Gasteiger partial charge in [0, 0.05) is 42.7 Å². The van der Waals surface area contributed by atoms with E-state index in [2.05, 4.69) is 15.1 Å². The highest BCUT2D eigenvalue weighted by atomic mass is 19.1. The third-order valence-corrected chi connectivity index (χ3v) is 4.01. The maximum atomic E-state index is 13.4. The monoisotopic (exact) mass is 342 g/mol. The van der Waals surface area contributed by atoms with Gasteiger partial charge in [-0.3, -0.25) is 9.78 Å². The molecule has 4 rings (SSSR count). The molecule has 3 heterocycles. The molecule has 1 aromatic carbocycles. The molecule has 6 nitrogen and oxygen atoms in total. The average molecular weight is 342 g/mol. The smallest absolute Gasteiger partial charge is 0.232 e. The minimum atomic E-state index is -0.732. The second kappa shape index (κ2) is 6.04. The van der Waals surface area contributed by atoms with E-state index in [1.165, 1.54) is 4.90 Å². The maximum absolute atomic E-state index is 13.4. The number of aromatic nitrogens is 3. The fraction of sp³-hybridized carbons (Fsp3) is 0.176. The van der Waals surface area contributed by atoms with Crippen LogP contribution in [0.5, 0.6) is 0 Å². The summed E-state index contributed by atoms with van der Waals surface area (Å²) >= 11 is 0. The van der Waals surface area contributed by atoms with Gasteiger partial charge in [0.05, 0.1) is 5.92 Å². The standard InChI is InChI=1S/C17H12F2N4O2/c18-12-6-13(19)8-14(7-12)23-9-11(5-15(23)24)17-21-16(22-25-17)10-1-3-20-4-2-10/h1-4,6-8,11H,5,9H2. The van der Waals surface area contributed by atoms with Crippen LogP contribution in [0.3, 0.4) is 0 Å². The van der Waals surface area contributed by atoms with Gasteiger partial charge in [-0.1, -0.05) is 5.16 Å². The predicted octanol–water partition coefficient (Wildman–Crippen LogP) is 2.93. The molecule has 1 saturated heterocycles. The van der Waals surface area contributed by atoms with E-state index in [1.54, 1.807) is 24.5 Å². The molecular weight excluding hydrogens is 330 g/mol. The number of benzene rings is 1. The number of carbonyl (C=O) groups excluding carboxylic acids is 1. The van der Waals surface area contributed by atoms with Crippen LogP contribution >= 0.6 is 0 Å². The molecule has 25 heavy (non-hydrogen) atoms. The molecule has 1 aliphatic rings. The molecule has 8 heteroatoms. The lowest BCUT2D eigenvalue weighted by atomic mass is 10.1. The van der Waals surface area contributed by atoms with Crippen molar-refractivity contribution < 1.29 is 18.1 Å². The van der Waals surface area contributed by atoms with Gasteiger partial charge in [0.25, 0.3) is 0 Å². The van der Waals surface area contributed by atoms with Gasteiger partial charge in [0.1, 0.15) is 11.6 Å². The van der Waals surface area contributed by atoms with Crippen molar-refractivity contribution in [3.8, 4) is 11.4 Å². The highest BCUT2D eigenvalue weighted by Crippen LogP contribution is 2.32. The number of carbonyl (C=O) groups is 1. The molecule has 1 fully saturated rings. The van der Waals surface area contributed by atoms with Crippen molar-refractivity contribution in [2.45, 2.75) is 12.3 Å². The van der Waals surface area contributed by atoms with Crippen LogP contribution in [-0.2, 0) is 4.79 Å². The summed E-state index contributed by atoms with van der Waals surface area (Å²) in [4.78, 5) is 21.8. The fourth-order valence-electron chi connectivity index (χ4n) is 2.84. The van der Waals surface area contributed by atoms with Crippen LogP contribution in [0.15, 0.2) is 47.2 Å². The molecule has 0 spiro atoms. The number of anilines is 1. The van der Waals surface area contributed by atoms with E-state index in [-0.39, 0.29) is 30.5 Å². The molecule has 2 aromatic heterocycles. The van der Waals surface area contributed by atoms with Gasteiger partial charge >= 0.3 is 0 Å². The van der Waals surface area contributed by atoms with Crippen LogP contribution in [0.4, 0.5) is 14.5 Å². The lowest BCUT2D eigenvalue weighted by Crippen LogP contribution is -2.24. The number of amides is 1. The molecular formula is C17H12F2N4O2. The predicted molar refractivity (Wildman–Crippen MR) is 83.6 cm³/mol. The molecule has 126 valence electrons. The highest BCUT2D eigenvalue weighted by molar-refractivity contribution is 5.96. The van der Waals surface area contributed by atoms with E-state index in [1.807, 2.05) is 0 Å². The maximum Gasteiger partial charge on any atom is 0.232 e. The topological polar surface area (TPSA) is 72.1 Å². The van der Waals surface area contributed by atoms with Crippen molar-refractivity contribution in [3.05, 3.63) is 60.3 Å². The van der Waals surface area contributed by atoms with Crippen LogP contribution in [-0.4, -0.2) is 27.6 Å². The fourth-order valence-corrected chi connectivity index (χ4v) is 2.84. The zero-order chi connectivity index (χ0) is 17.4. The third-order valence-electron chi connectivity index (χ3n) is 4.01. The van der Waals surface area contributed by atoms with E-state index < -0.39 is 11.6 Å². The van der Waals surface area contributed by atoms with Crippen molar-refractivity contribution in [2.75, 3.05) is 11.4 Å². The second-order valence-corrected chi connectivity index (χ2v) is 5.73. The first kappa shape index (κ1) is 15.4. The van der Waals surface area contributed by atoms with Crippen molar-refractivity contribution in [3.63, 3.8) is 0 Å². The number of nitrogens with zero attached hydrogens (tertiary/aromatic N) is 4. The minimum Gasteiger partial charge on any atom is -0.339 e.